The lowest BCUT2D eigenvalue weighted by Crippen LogP contribution is -2.34. The van der Waals surface area contributed by atoms with Crippen molar-refractivity contribution in [2.45, 2.75) is 32.7 Å². The molecule has 0 unspecified atom stereocenters. The smallest absolute Gasteiger partial charge is 0.246 e. The first-order valence-corrected chi connectivity index (χ1v) is 12.4. The predicted molar refractivity (Wildman–Crippen MR) is 142 cm³/mol. The summed E-state index contributed by atoms with van der Waals surface area (Å²) in [5.74, 6) is 1.32. The second-order valence-electron chi connectivity index (χ2n) is 8.82. The first kappa shape index (κ1) is 23.6. The molecule has 1 aliphatic heterocycles. The second kappa shape index (κ2) is 10.2. The Labute approximate surface area is 210 Å². The van der Waals surface area contributed by atoms with Crippen molar-refractivity contribution in [1.82, 2.24) is 9.55 Å². The Morgan fingerprint density at radius 1 is 1.00 bits per heavy atom. The van der Waals surface area contributed by atoms with Crippen molar-refractivity contribution in [3.63, 3.8) is 0 Å². The van der Waals surface area contributed by atoms with Crippen LogP contribution >= 0.6 is 0 Å². The van der Waals surface area contributed by atoms with Gasteiger partial charge in [0.15, 0.2) is 0 Å². The van der Waals surface area contributed by atoms with Crippen molar-refractivity contribution < 1.29 is 14.3 Å². The second-order valence-corrected chi connectivity index (χ2v) is 8.82. The van der Waals surface area contributed by atoms with Gasteiger partial charge in [0.25, 0.3) is 0 Å². The molecule has 7 nitrogen and oxygen atoms in total. The van der Waals surface area contributed by atoms with Crippen LogP contribution in [0, 0.1) is 0 Å². The van der Waals surface area contributed by atoms with Gasteiger partial charge in [-0.25, -0.2) is 4.98 Å². The van der Waals surface area contributed by atoms with Crippen molar-refractivity contribution in [3.05, 3.63) is 84.7 Å². The summed E-state index contributed by atoms with van der Waals surface area (Å²) in [4.78, 5) is 35.1. The van der Waals surface area contributed by atoms with Crippen molar-refractivity contribution in [1.29, 1.82) is 0 Å². The van der Waals surface area contributed by atoms with E-state index in [-0.39, 0.29) is 24.3 Å². The zero-order valence-corrected chi connectivity index (χ0v) is 20.6. The molecule has 184 valence electrons. The van der Waals surface area contributed by atoms with Gasteiger partial charge in [-0.05, 0) is 50.2 Å². The summed E-state index contributed by atoms with van der Waals surface area (Å²) in [6, 6.07) is 25.1. The van der Waals surface area contributed by atoms with E-state index in [0.29, 0.717) is 31.9 Å². The van der Waals surface area contributed by atoms with Gasteiger partial charge in [-0.15, -0.1) is 0 Å². The number of anilines is 2. The normalized spacial score (nSPS) is 15.4. The summed E-state index contributed by atoms with van der Waals surface area (Å²) in [6.45, 7) is 5.63. The van der Waals surface area contributed by atoms with Gasteiger partial charge in [0.05, 0.1) is 23.3 Å². The number of nitrogens with zero attached hydrogens (tertiary/aromatic N) is 4. The number of carbonyl (C=O) groups excluding carboxylic acids is 2. The van der Waals surface area contributed by atoms with Crippen LogP contribution in [0.4, 0.5) is 11.4 Å². The van der Waals surface area contributed by atoms with E-state index in [9.17, 15) is 9.59 Å². The fourth-order valence-corrected chi connectivity index (χ4v) is 4.97. The monoisotopic (exact) mass is 482 g/mol. The molecule has 2 heterocycles. The summed E-state index contributed by atoms with van der Waals surface area (Å²) in [5.41, 5.74) is 3.35. The number of aromatic nitrogens is 2. The van der Waals surface area contributed by atoms with Crippen LogP contribution in [0.15, 0.2) is 78.9 Å². The van der Waals surface area contributed by atoms with Gasteiger partial charge in [-0.1, -0.05) is 42.5 Å². The van der Waals surface area contributed by atoms with Gasteiger partial charge >= 0.3 is 0 Å². The molecule has 1 atom stereocenters. The lowest BCUT2D eigenvalue weighted by Gasteiger charge is -2.23. The molecule has 1 aromatic heterocycles. The van der Waals surface area contributed by atoms with Crippen LogP contribution in [0.3, 0.4) is 0 Å². The Hall–Kier alpha value is -4.13. The maximum atomic E-state index is 13.5. The first-order chi connectivity index (χ1) is 17.6. The van der Waals surface area contributed by atoms with E-state index < -0.39 is 0 Å². The number of fused-ring (bicyclic) bond motifs is 1. The fraction of sp³-hybridized carbons (Fsp3) is 0.276. The molecule has 7 heteroatoms. The third kappa shape index (κ3) is 4.44. The van der Waals surface area contributed by atoms with Crippen LogP contribution in [0.5, 0.6) is 5.75 Å². The van der Waals surface area contributed by atoms with Crippen LogP contribution in [0.1, 0.15) is 32.0 Å². The van der Waals surface area contributed by atoms with Gasteiger partial charge in [-0.2, -0.15) is 0 Å². The maximum Gasteiger partial charge on any atom is 0.246 e. The van der Waals surface area contributed by atoms with Crippen LogP contribution in [-0.4, -0.2) is 41.1 Å². The summed E-state index contributed by atoms with van der Waals surface area (Å²) in [6.07, 6.45) is 0.328. The zero-order chi connectivity index (χ0) is 25.1. The van der Waals surface area contributed by atoms with Gasteiger partial charge in [0, 0.05) is 31.1 Å². The van der Waals surface area contributed by atoms with Gasteiger partial charge in [0.2, 0.25) is 11.8 Å². The van der Waals surface area contributed by atoms with E-state index in [1.165, 1.54) is 0 Å². The first-order valence-electron chi connectivity index (χ1n) is 12.4. The molecule has 0 spiro atoms. The van der Waals surface area contributed by atoms with Gasteiger partial charge in [-0.3, -0.25) is 9.59 Å². The summed E-state index contributed by atoms with van der Waals surface area (Å²) >= 11 is 0. The Morgan fingerprint density at radius 3 is 2.50 bits per heavy atom. The number of benzene rings is 3. The number of carbonyl (C=O) groups is 2. The topological polar surface area (TPSA) is 67.7 Å². The highest BCUT2D eigenvalue weighted by molar-refractivity contribution is 5.98. The molecule has 4 aromatic rings. The Kier molecular flexibility index (Phi) is 6.71. The van der Waals surface area contributed by atoms with Crippen molar-refractivity contribution in [3.8, 4) is 5.75 Å². The van der Waals surface area contributed by atoms with Gasteiger partial charge in [0.1, 0.15) is 18.1 Å². The number of likely N-dealkylation sites (N-methyl/N-ethyl adjacent to an activating group) is 1. The Morgan fingerprint density at radius 2 is 1.72 bits per heavy atom. The van der Waals surface area contributed by atoms with Crippen LogP contribution < -0.4 is 14.5 Å². The maximum absolute atomic E-state index is 13.5. The lowest BCUT2D eigenvalue weighted by molar-refractivity contribution is -0.119. The molecule has 1 aliphatic rings. The molecule has 3 aromatic carbocycles. The molecule has 0 N–H and O–H groups in total. The molecule has 2 amide bonds. The number of rotatable bonds is 8. The number of hydrogen-bond donors (Lipinski definition) is 0. The van der Waals surface area contributed by atoms with E-state index in [1.807, 2.05) is 97.3 Å². The minimum Gasteiger partial charge on any atom is -0.492 e. The van der Waals surface area contributed by atoms with Crippen molar-refractivity contribution in [2.24, 2.45) is 0 Å². The Balaban J connectivity index is 1.48. The zero-order valence-electron chi connectivity index (χ0n) is 20.6. The van der Waals surface area contributed by atoms with Crippen molar-refractivity contribution >= 4 is 34.2 Å². The number of imidazole rings is 1. The molecular formula is C29H30N4O3. The lowest BCUT2D eigenvalue weighted by atomic mass is 10.1. The highest BCUT2D eigenvalue weighted by Crippen LogP contribution is 2.37. The minimum atomic E-state index is -0.140. The SMILES string of the molecule is CCOc1ccccc1N1C[C@@H](c2nc3ccccc3n2CC(=O)N(CC)c2ccccc2)CC1=O. The summed E-state index contributed by atoms with van der Waals surface area (Å²) in [7, 11) is 0. The summed E-state index contributed by atoms with van der Waals surface area (Å²) in [5, 5.41) is 0. The summed E-state index contributed by atoms with van der Waals surface area (Å²) < 4.78 is 7.76. The van der Waals surface area contributed by atoms with E-state index in [0.717, 1.165) is 28.2 Å². The average molecular weight is 483 g/mol. The number of para-hydroxylation sites is 5. The van der Waals surface area contributed by atoms with Crippen molar-refractivity contribution in [2.75, 3.05) is 29.5 Å². The van der Waals surface area contributed by atoms with E-state index in [1.54, 1.807) is 9.80 Å². The van der Waals surface area contributed by atoms with E-state index >= 15 is 0 Å². The molecule has 0 bridgehead atoms. The largest absolute Gasteiger partial charge is 0.492 e. The molecular weight excluding hydrogens is 452 g/mol. The molecule has 36 heavy (non-hydrogen) atoms. The molecule has 0 radical (unpaired) electrons. The molecule has 1 saturated heterocycles. The average Bonchev–Trinajstić information content (AvgIpc) is 3.46. The Bertz CT molecular complexity index is 1380. The van der Waals surface area contributed by atoms with Gasteiger partial charge < -0.3 is 19.1 Å². The van der Waals surface area contributed by atoms with Crippen LogP contribution in [0.2, 0.25) is 0 Å². The minimum absolute atomic E-state index is 0.0176. The van der Waals surface area contributed by atoms with E-state index in [4.69, 9.17) is 9.72 Å². The van der Waals surface area contributed by atoms with Crippen LogP contribution in [0.25, 0.3) is 11.0 Å². The van der Waals surface area contributed by atoms with Crippen LogP contribution in [-0.2, 0) is 16.1 Å². The fourth-order valence-electron chi connectivity index (χ4n) is 4.97. The molecule has 1 fully saturated rings. The highest BCUT2D eigenvalue weighted by atomic mass is 16.5. The number of hydrogen-bond acceptors (Lipinski definition) is 4. The number of ether oxygens (including phenoxy) is 1. The quantitative estimate of drug-likeness (QED) is 0.354. The molecule has 0 aliphatic carbocycles. The molecule has 0 saturated carbocycles. The predicted octanol–water partition coefficient (Wildman–Crippen LogP) is 5.01. The number of amides is 2. The highest BCUT2D eigenvalue weighted by Gasteiger charge is 2.36. The van der Waals surface area contributed by atoms with E-state index in [2.05, 4.69) is 0 Å². The molecule has 5 rings (SSSR count). The standard InChI is InChI=1S/C29H30N4O3/c1-3-31(22-12-6-5-7-13-22)28(35)20-33-24-15-9-8-14-23(24)30-29(33)21-18-27(34)32(19-21)25-16-10-11-17-26(25)36-4-2/h5-17,21H,3-4,18-20H2,1-2H3/t21-/m0/s1. The third-order valence-corrected chi connectivity index (χ3v) is 6.61. The third-order valence-electron chi connectivity index (χ3n) is 6.61.